The summed E-state index contributed by atoms with van der Waals surface area (Å²) in [5.41, 5.74) is 0.696. The minimum Gasteiger partial charge on any atom is -0.506 e. The number of methoxy groups -OCH3 is 1. The molecule has 1 unspecified atom stereocenters. The van der Waals surface area contributed by atoms with Gasteiger partial charge in [-0.2, -0.15) is 0 Å². The Labute approximate surface area is 99.8 Å². The zero-order chi connectivity index (χ0) is 12.0. The number of ether oxygens (including phenoxy) is 1. The van der Waals surface area contributed by atoms with Gasteiger partial charge in [-0.05, 0) is 6.07 Å². The number of hydrogen-bond donors (Lipinski definition) is 3. The summed E-state index contributed by atoms with van der Waals surface area (Å²) in [5, 5.41) is 22.1. The smallest absolute Gasteiger partial charge is 0.138 e. The standard InChI is InChI=1S/C11H16ClNO3/c1-16-7-9(6-14)13-5-8-3-2-4-10(12)11(8)15/h2-4,9,13-15H,5-7H2,1H3. The SMILES string of the molecule is COCC(CO)NCc1cccc(Cl)c1O. The number of para-hydroxylation sites is 1. The Bertz CT molecular complexity index is 333. The molecule has 1 atom stereocenters. The molecule has 4 nitrogen and oxygen atoms in total. The average molecular weight is 246 g/mol. The number of nitrogens with one attached hydrogen (secondary N) is 1. The molecule has 0 aliphatic rings. The number of aliphatic hydroxyl groups is 1. The molecule has 1 aromatic rings. The van der Waals surface area contributed by atoms with Crippen molar-refractivity contribution >= 4 is 11.6 Å². The minimum absolute atomic E-state index is 0.0187. The van der Waals surface area contributed by atoms with Crippen LogP contribution in [-0.2, 0) is 11.3 Å². The quantitative estimate of drug-likeness (QED) is 0.704. The van der Waals surface area contributed by atoms with Gasteiger partial charge in [-0.25, -0.2) is 0 Å². The number of hydrogen-bond acceptors (Lipinski definition) is 4. The summed E-state index contributed by atoms with van der Waals surface area (Å²) < 4.78 is 4.93. The van der Waals surface area contributed by atoms with Crippen LogP contribution in [0.25, 0.3) is 0 Å². The number of phenols is 1. The largest absolute Gasteiger partial charge is 0.506 e. The van der Waals surface area contributed by atoms with Gasteiger partial charge < -0.3 is 20.3 Å². The van der Waals surface area contributed by atoms with E-state index < -0.39 is 0 Å². The Morgan fingerprint density at radius 2 is 2.25 bits per heavy atom. The molecule has 0 bridgehead atoms. The van der Waals surface area contributed by atoms with E-state index in [9.17, 15) is 5.11 Å². The van der Waals surface area contributed by atoms with Crippen LogP contribution in [0.5, 0.6) is 5.75 Å². The number of benzene rings is 1. The first-order valence-corrected chi connectivity index (χ1v) is 5.36. The molecule has 1 rings (SSSR count). The monoisotopic (exact) mass is 245 g/mol. The highest BCUT2D eigenvalue weighted by molar-refractivity contribution is 6.32. The molecule has 0 saturated heterocycles. The molecule has 0 saturated carbocycles. The van der Waals surface area contributed by atoms with Gasteiger partial charge in [-0.1, -0.05) is 23.7 Å². The van der Waals surface area contributed by atoms with Gasteiger partial charge in [-0.3, -0.25) is 0 Å². The zero-order valence-electron chi connectivity index (χ0n) is 9.11. The maximum atomic E-state index is 9.65. The average Bonchev–Trinajstić information content (AvgIpc) is 2.29. The van der Waals surface area contributed by atoms with Crippen LogP contribution >= 0.6 is 11.6 Å². The highest BCUT2D eigenvalue weighted by Crippen LogP contribution is 2.26. The third kappa shape index (κ3) is 3.64. The summed E-state index contributed by atoms with van der Waals surface area (Å²) in [6, 6.07) is 5.01. The highest BCUT2D eigenvalue weighted by Gasteiger charge is 2.09. The molecule has 90 valence electrons. The van der Waals surface area contributed by atoms with Gasteiger partial charge in [0.1, 0.15) is 5.75 Å². The predicted molar refractivity (Wildman–Crippen MR) is 62.7 cm³/mol. The molecule has 0 aliphatic heterocycles. The van der Waals surface area contributed by atoms with Crippen molar-refractivity contribution in [2.45, 2.75) is 12.6 Å². The topological polar surface area (TPSA) is 61.7 Å². The summed E-state index contributed by atoms with van der Waals surface area (Å²) in [6.07, 6.45) is 0. The lowest BCUT2D eigenvalue weighted by Crippen LogP contribution is -2.35. The highest BCUT2D eigenvalue weighted by atomic mass is 35.5. The van der Waals surface area contributed by atoms with Gasteiger partial charge in [0.2, 0.25) is 0 Å². The Morgan fingerprint density at radius 3 is 2.88 bits per heavy atom. The summed E-state index contributed by atoms with van der Waals surface area (Å²) in [4.78, 5) is 0. The molecule has 0 heterocycles. The van der Waals surface area contributed by atoms with Crippen molar-refractivity contribution in [3.63, 3.8) is 0 Å². The van der Waals surface area contributed by atoms with E-state index in [0.717, 1.165) is 0 Å². The number of aliphatic hydroxyl groups excluding tert-OH is 1. The zero-order valence-corrected chi connectivity index (χ0v) is 9.87. The molecular weight excluding hydrogens is 230 g/mol. The maximum absolute atomic E-state index is 9.65. The fourth-order valence-electron chi connectivity index (χ4n) is 1.33. The van der Waals surface area contributed by atoms with Crippen molar-refractivity contribution in [2.24, 2.45) is 0 Å². The van der Waals surface area contributed by atoms with E-state index >= 15 is 0 Å². The molecule has 5 heteroatoms. The second-order valence-corrected chi connectivity index (χ2v) is 3.87. The molecule has 1 aromatic carbocycles. The lowest BCUT2D eigenvalue weighted by Gasteiger charge is -2.15. The molecule has 16 heavy (non-hydrogen) atoms. The molecule has 0 aliphatic carbocycles. The first-order chi connectivity index (χ1) is 7.69. The second-order valence-electron chi connectivity index (χ2n) is 3.46. The molecule has 3 N–H and O–H groups in total. The Morgan fingerprint density at radius 1 is 1.50 bits per heavy atom. The van der Waals surface area contributed by atoms with E-state index in [1.54, 1.807) is 25.3 Å². The molecule has 0 spiro atoms. The van der Waals surface area contributed by atoms with E-state index in [1.165, 1.54) is 0 Å². The Kier molecular flexibility index (Phi) is 5.55. The van der Waals surface area contributed by atoms with Gasteiger partial charge in [-0.15, -0.1) is 0 Å². The Balaban J connectivity index is 2.56. The molecule has 0 aromatic heterocycles. The summed E-state index contributed by atoms with van der Waals surface area (Å²) in [5.74, 6) is 0.0748. The van der Waals surface area contributed by atoms with Crippen molar-refractivity contribution < 1.29 is 14.9 Å². The van der Waals surface area contributed by atoms with E-state index in [2.05, 4.69) is 5.32 Å². The van der Waals surface area contributed by atoms with E-state index in [4.69, 9.17) is 21.4 Å². The number of aromatic hydroxyl groups is 1. The van der Waals surface area contributed by atoms with Crippen molar-refractivity contribution in [3.05, 3.63) is 28.8 Å². The van der Waals surface area contributed by atoms with Gasteiger partial charge in [0.05, 0.1) is 24.3 Å². The van der Waals surface area contributed by atoms with Gasteiger partial charge >= 0.3 is 0 Å². The molecule has 0 fully saturated rings. The maximum Gasteiger partial charge on any atom is 0.138 e. The number of phenolic OH excluding ortho intramolecular Hbond substituents is 1. The van der Waals surface area contributed by atoms with Gasteiger partial charge in [0.25, 0.3) is 0 Å². The lowest BCUT2D eigenvalue weighted by molar-refractivity contribution is 0.128. The number of halogens is 1. The minimum atomic E-state index is -0.150. The van der Waals surface area contributed by atoms with Crippen LogP contribution in [0, 0.1) is 0 Å². The van der Waals surface area contributed by atoms with Gasteiger partial charge in [0.15, 0.2) is 0 Å². The van der Waals surface area contributed by atoms with Crippen LogP contribution in [-0.4, -0.2) is 36.6 Å². The lowest BCUT2D eigenvalue weighted by atomic mass is 10.2. The van der Waals surface area contributed by atoms with Crippen LogP contribution in [0.1, 0.15) is 5.56 Å². The van der Waals surface area contributed by atoms with Crippen LogP contribution in [0.15, 0.2) is 18.2 Å². The summed E-state index contributed by atoms with van der Waals surface area (Å²) in [7, 11) is 1.57. The van der Waals surface area contributed by atoms with E-state index in [-0.39, 0.29) is 18.4 Å². The van der Waals surface area contributed by atoms with Crippen molar-refractivity contribution in [1.82, 2.24) is 5.32 Å². The van der Waals surface area contributed by atoms with Crippen molar-refractivity contribution in [2.75, 3.05) is 20.3 Å². The molecular formula is C11H16ClNO3. The van der Waals surface area contributed by atoms with Crippen molar-refractivity contribution in [3.8, 4) is 5.75 Å². The van der Waals surface area contributed by atoms with Crippen LogP contribution in [0.3, 0.4) is 0 Å². The Hall–Kier alpha value is -0.810. The summed E-state index contributed by atoms with van der Waals surface area (Å²) >= 11 is 5.77. The van der Waals surface area contributed by atoms with E-state index in [0.29, 0.717) is 23.7 Å². The van der Waals surface area contributed by atoms with Crippen LogP contribution in [0.2, 0.25) is 5.02 Å². The third-order valence-electron chi connectivity index (χ3n) is 2.24. The number of rotatable bonds is 6. The van der Waals surface area contributed by atoms with Crippen LogP contribution in [0.4, 0.5) is 0 Å². The fraction of sp³-hybridized carbons (Fsp3) is 0.455. The molecule has 0 radical (unpaired) electrons. The van der Waals surface area contributed by atoms with E-state index in [1.807, 2.05) is 0 Å². The fourth-order valence-corrected chi connectivity index (χ4v) is 1.53. The van der Waals surface area contributed by atoms with Crippen molar-refractivity contribution in [1.29, 1.82) is 0 Å². The van der Waals surface area contributed by atoms with Crippen LogP contribution < -0.4 is 5.32 Å². The first kappa shape index (κ1) is 13.3. The second kappa shape index (κ2) is 6.70. The summed E-state index contributed by atoms with van der Waals surface area (Å²) in [6.45, 7) is 0.827. The van der Waals surface area contributed by atoms with Gasteiger partial charge in [0, 0.05) is 19.2 Å². The normalized spacial score (nSPS) is 12.7. The predicted octanol–water partition coefficient (Wildman–Crippen LogP) is 1.14. The first-order valence-electron chi connectivity index (χ1n) is 4.98. The molecule has 0 amide bonds. The third-order valence-corrected chi connectivity index (χ3v) is 2.54.